The fraction of sp³-hybridized carbons (Fsp3) is 0.188. The smallest absolute Gasteiger partial charge is 0.246 e. The minimum atomic E-state index is -3.55. The molecule has 2 heterocycles. The van der Waals surface area contributed by atoms with Crippen LogP contribution in [0.2, 0.25) is 0 Å². The lowest BCUT2D eigenvalue weighted by Crippen LogP contribution is -2.22. The Labute approximate surface area is 139 Å². The van der Waals surface area contributed by atoms with Crippen LogP contribution in [0.25, 0.3) is 10.6 Å². The Morgan fingerprint density at radius 2 is 1.87 bits per heavy atom. The molecule has 0 unspecified atom stereocenters. The maximum absolute atomic E-state index is 12.6. The van der Waals surface area contributed by atoms with E-state index in [1.54, 1.807) is 10.9 Å². The van der Waals surface area contributed by atoms with Gasteiger partial charge in [0.15, 0.2) is 0 Å². The van der Waals surface area contributed by atoms with Crippen molar-refractivity contribution in [3.8, 4) is 10.6 Å². The normalized spacial score (nSPS) is 12.0. The van der Waals surface area contributed by atoms with Crippen LogP contribution in [0.4, 0.5) is 0 Å². The van der Waals surface area contributed by atoms with Gasteiger partial charge in [0.05, 0.1) is 11.4 Å². The van der Waals surface area contributed by atoms with Crippen molar-refractivity contribution in [1.29, 1.82) is 0 Å². The molecule has 2 aromatic heterocycles. The third kappa shape index (κ3) is 3.21. The van der Waals surface area contributed by atoms with E-state index in [0.717, 1.165) is 10.4 Å². The molecule has 0 spiro atoms. The van der Waals surface area contributed by atoms with Gasteiger partial charge in [0.1, 0.15) is 10.6 Å². The zero-order valence-corrected chi connectivity index (χ0v) is 14.5. The van der Waals surface area contributed by atoms with E-state index in [4.69, 9.17) is 0 Å². The molecule has 0 saturated carbocycles. The third-order valence-corrected chi connectivity index (χ3v) is 6.12. The van der Waals surface area contributed by atoms with Crippen molar-refractivity contribution in [2.24, 2.45) is 0 Å². The van der Waals surface area contributed by atoms with Crippen LogP contribution in [-0.4, -0.2) is 36.6 Å². The molecule has 0 N–H and O–H groups in total. The van der Waals surface area contributed by atoms with Gasteiger partial charge >= 0.3 is 0 Å². The van der Waals surface area contributed by atoms with Crippen LogP contribution in [0, 0.1) is 0 Å². The zero-order chi connectivity index (χ0) is 16.4. The molecule has 7 heteroatoms. The van der Waals surface area contributed by atoms with E-state index in [-0.39, 0.29) is 4.90 Å². The molecule has 0 bridgehead atoms. The lowest BCUT2D eigenvalue weighted by Gasteiger charge is -2.10. The number of hydrogen-bond acceptors (Lipinski definition) is 4. The fourth-order valence-corrected chi connectivity index (χ4v) is 4.06. The van der Waals surface area contributed by atoms with Gasteiger partial charge in [-0.1, -0.05) is 36.4 Å². The SMILES string of the molecule is CN(C)S(=O)(=O)c1cn(Cc2ccccc2)nc1-c1cccs1. The van der Waals surface area contributed by atoms with Gasteiger partial charge in [0, 0.05) is 20.3 Å². The maximum atomic E-state index is 12.6. The Bertz CT molecular complexity index is 883. The van der Waals surface area contributed by atoms with Crippen molar-refractivity contribution >= 4 is 21.4 Å². The Hall–Kier alpha value is -1.96. The van der Waals surface area contributed by atoms with E-state index in [1.807, 2.05) is 47.8 Å². The minimum absolute atomic E-state index is 0.237. The Morgan fingerprint density at radius 1 is 1.13 bits per heavy atom. The molecule has 0 atom stereocenters. The second-order valence-electron chi connectivity index (χ2n) is 5.29. The number of hydrogen-bond donors (Lipinski definition) is 0. The summed E-state index contributed by atoms with van der Waals surface area (Å²) in [4.78, 5) is 1.08. The van der Waals surface area contributed by atoms with Gasteiger partial charge in [-0.3, -0.25) is 4.68 Å². The molecule has 0 aliphatic carbocycles. The van der Waals surface area contributed by atoms with Crippen LogP contribution in [0.15, 0.2) is 58.9 Å². The molecule has 3 rings (SSSR count). The van der Waals surface area contributed by atoms with E-state index < -0.39 is 10.0 Å². The molecule has 0 aliphatic rings. The topological polar surface area (TPSA) is 55.2 Å². The number of aromatic nitrogens is 2. The fourth-order valence-electron chi connectivity index (χ4n) is 2.22. The quantitative estimate of drug-likeness (QED) is 0.713. The summed E-state index contributed by atoms with van der Waals surface area (Å²) in [6.07, 6.45) is 1.61. The van der Waals surface area contributed by atoms with Gasteiger partial charge in [-0.15, -0.1) is 11.3 Å². The highest BCUT2D eigenvalue weighted by Crippen LogP contribution is 2.30. The molecular formula is C16H17N3O2S2. The third-order valence-electron chi connectivity index (χ3n) is 3.43. The van der Waals surface area contributed by atoms with E-state index in [9.17, 15) is 8.42 Å². The van der Waals surface area contributed by atoms with Crippen molar-refractivity contribution in [1.82, 2.24) is 14.1 Å². The molecule has 23 heavy (non-hydrogen) atoms. The minimum Gasteiger partial charge on any atom is -0.266 e. The molecular weight excluding hydrogens is 330 g/mol. The highest BCUT2D eigenvalue weighted by Gasteiger charge is 2.26. The summed E-state index contributed by atoms with van der Waals surface area (Å²) in [7, 11) is -0.489. The van der Waals surface area contributed by atoms with Crippen molar-refractivity contribution in [3.05, 3.63) is 59.6 Å². The summed E-state index contributed by atoms with van der Waals surface area (Å²) in [6.45, 7) is 0.530. The van der Waals surface area contributed by atoms with Gasteiger partial charge in [-0.05, 0) is 17.0 Å². The second-order valence-corrected chi connectivity index (χ2v) is 8.36. The summed E-state index contributed by atoms with van der Waals surface area (Å²) < 4.78 is 28.1. The Morgan fingerprint density at radius 3 is 2.48 bits per heavy atom. The predicted molar refractivity (Wildman–Crippen MR) is 92.0 cm³/mol. The molecule has 3 aromatic rings. The average Bonchev–Trinajstić information content (AvgIpc) is 3.17. The maximum Gasteiger partial charge on any atom is 0.246 e. The Balaban J connectivity index is 2.07. The van der Waals surface area contributed by atoms with E-state index in [0.29, 0.717) is 12.2 Å². The Kier molecular flexibility index (Phi) is 4.34. The molecule has 0 radical (unpaired) electrons. The van der Waals surface area contributed by atoms with Crippen LogP contribution in [-0.2, 0) is 16.6 Å². The van der Waals surface area contributed by atoms with Gasteiger partial charge in [0.2, 0.25) is 10.0 Å². The van der Waals surface area contributed by atoms with E-state index in [1.165, 1.54) is 29.7 Å². The van der Waals surface area contributed by atoms with Crippen LogP contribution in [0.3, 0.4) is 0 Å². The predicted octanol–water partition coefficient (Wildman–Crippen LogP) is 2.91. The van der Waals surface area contributed by atoms with Crippen LogP contribution >= 0.6 is 11.3 Å². The van der Waals surface area contributed by atoms with E-state index in [2.05, 4.69) is 5.10 Å². The summed E-state index contributed by atoms with van der Waals surface area (Å²) in [6, 6.07) is 13.6. The van der Waals surface area contributed by atoms with Crippen molar-refractivity contribution < 1.29 is 8.42 Å². The monoisotopic (exact) mass is 347 g/mol. The largest absolute Gasteiger partial charge is 0.266 e. The van der Waals surface area contributed by atoms with Gasteiger partial charge in [-0.2, -0.15) is 5.10 Å². The number of rotatable bonds is 5. The number of sulfonamides is 1. The standard InChI is InChI=1S/C16H17N3O2S2/c1-18(2)23(20,21)15-12-19(11-13-7-4-3-5-8-13)17-16(15)14-9-6-10-22-14/h3-10,12H,11H2,1-2H3. The summed E-state index contributed by atoms with van der Waals surface area (Å²) in [5.74, 6) is 0. The van der Waals surface area contributed by atoms with Gasteiger partial charge < -0.3 is 0 Å². The number of benzene rings is 1. The summed E-state index contributed by atoms with van der Waals surface area (Å²) in [5, 5.41) is 6.43. The molecule has 1 aromatic carbocycles. The highest BCUT2D eigenvalue weighted by atomic mass is 32.2. The average molecular weight is 347 g/mol. The van der Waals surface area contributed by atoms with Crippen LogP contribution in [0.5, 0.6) is 0 Å². The number of thiophene rings is 1. The molecule has 0 amide bonds. The first-order chi connectivity index (χ1) is 11.0. The molecule has 0 saturated heterocycles. The first-order valence-electron chi connectivity index (χ1n) is 7.06. The zero-order valence-electron chi connectivity index (χ0n) is 12.9. The lowest BCUT2D eigenvalue weighted by atomic mass is 10.2. The first-order valence-corrected chi connectivity index (χ1v) is 9.38. The van der Waals surface area contributed by atoms with E-state index >= 15 is 0 Å². The summed E-state index contributed by atoms with van der Waals surface area (Å²) in [5.41, 5.74) is 1.58. The number of nitrogens with zero attached hydrogens (tertiary/aromatic N) is 3. The second kappa shape index (κ2) is 6.27. The molecule has 5 nitrogen and oxygen atoms in total. The first kappa shape index (κ1) is 15.9. The van der Waals surface area contributed by atoms with Crippen molar-refractivity contribution in [2.45, 2.75) is 11.4 Å². The van der Waals surface area contributed by atoms with Crippen molar-refractivity contribution in [3.63, 3.8) is 0 Å². The molecule has 120 valence electrons. The van der Waals surface area contributed by atoms with Crippen LogP contribution in [0.1, 0.15) is 5.56 Å². The van der Waals surface area contributed by atoms with Gasteiger partial charge in [0.25, 0.3) is 0 Å². The van der Waals surface area contributed by atoms with Crippen LogP contribution < -0.4 is 0 Å². The summed E-state index contributed by atoms with van der Waals surface area (Å²) >= 11 is 1.48. The van der Waals surface area contributed by atoms with Crippen molar-refractivity contribution in [2.75, 3.05) is 14.1 Å². The molecule has 0 aliphatic heterocycles. The highest BCUT2D eigenvalue weighted by molar-refractivity contribution is 7.89. The lowest BCUT2D eigenvalue weighted by molar-refractivity contribution is 0.521. The van der Waals surface area contributed by atoms with Gasteiger partial charge in [-0.25, -0.2) is 12.7 Å². The molecule has 0 fully saturated rings.